The second kappa shape index (κ2) is 5.77. The molecule has 0 saturated heterocycles. The predicted octanol–water partition coefficient (Wildman–Crippen LogP) is 0.700. The third-order valence-electron chi connectivity index (χ3n) is 2.82. The maximum Gasteiger partial charge on any atom is 0.305 e. The van der Waals surface area contributed by atoms with Crippen molar-refractivity contribution >= 4 is 11.9 Å². The van der Waals surface area contributed by atoms with E-state index in [1.807, 2.05) is 0 Å². The Morgan fingerprint density at radius 2 is 1.95 bits per heavy atom. The minimum absolute atomic E-state index is 0.0223. The van der Waals surface area contributed by atoms with E-state index in [1.165, 1.54) is 0 Å². The summed E-state index contributed by atoms with van der Waals surface area (Å²) in [6, 6.07) is 1.54. The van der Waals surface area contributed by atoms with Crippen LogP contribution in [0.15, 0.2) is 16.9 Å². The highest BCUT2D eigenvalue weighted by atomic mass is 16.4. The van der Waals surface area contributed by atoms with Crippen molar-refractivity contribution in [2.45, 2.75) is 33.2 Å². The van der Waals surface area contributed by atoms with E-state index in [9.17, 15) is 19.5 Å². The number of hydrogen-bond donors (Lipinski definition) is 4. The van der Waals surface area contributed by atoms with Gasteiger partial charge in [-0.2, -0.15) is 0 Å². The third-order valence-corrected chi connectivity index (χ3v) is 2.82. The minimum Gasteiger partial charge on any atom is -0.494 e. The molecule has 1 rings (SSSR count). The Kier molecular flexibility index (Phi) is 4.54. The summed E-state index contributed by atoms with van der Waals surface area (Å²) in [5, 5.41) is 20.7. The summed E-state index contributed by atoms with van der Waals surface area (Å²) in [5.74, 6) is -2.06. The van der Waals surface area contributed by atoms with Crippen LogP contribution in [-0.2, 0) is 4.79 Å². The fourth-order valence-corrected chi connectivity index (χ4v) is 1.65. The number of aromatic amines is 1. The van der Waals surface area contributed by atoms with Gasteiger partial charge in [0.2, 0.25) is 0 Å². The van der Waals surface area contributed by atoms with Crippen molar-refractivity contribution < 1.29 is 19.8 Å². The van der Waals surface area contributed by atoms with Gasteiger partial charge in [-0.05, 0) is 5.41 Å². The smallest absolute Gasteiger partial charge is 0.305 e. The average molecular weight is 282 g/mol. The molecule has 0 aliphatic rings. The number of carbonyl (C=O) groups is 2. The normalized spacial score (nSPS) is 12.8. The van der Waals surface area contributed by atoms with Crippen molar-refractivity contribution in [3.63, 3.8) is 0 Å². The number of H-pyrrole nitrogens is 1. The van der Waals surface area contributed by atoms with E-state index in [-0.39, 0.29) is 12.0 Å². The largest absolute Gasteiger partial charge is 0.494 e. The Labute approximate surface area is 115 Å². The van der Waals surface area contributed by atoms with Gasteiger partial charge in [0, 0.05) is 18.2 Å². The zero-order chi connectivity index (χ0) is 15.5. The number of aromatic nitrogens is 1. The van der Waals surface area contributed by atoms with Gasteiger partial charge in [0.25, 0.3) is 11.5 Å². The number of rotatable bonds is 4. The molecule has 1 aromatic heterocycles. The van der Waals surface area contributed by atoms with Gasteiger partial charge < -0.3 is 15.5 Å². The van der Waals surface area contributed by atoms with Gasteiger partial charge >= 0.3 is 5.97 Å². The van der Waals surface area contributed by atoms with E-state index in [1.54, 1.807) is 20.8 Å². The van der Waals surface area contributed by atoms with Crippen LogP contribution in [0.3, 0.4) is 0 Å². The van der Waals surface area contributed by atoms with Crippen molar-refractivity contribution in [3.05, 3.63) is 28.0 Å². The van der Waals surface area contributed by atoms with Crippen molar-refractivity contribution in [1.82, 2.24) is 10.3 Å². The molecular formula is C13H18N2O5. The maximum atomic E-state index is 12.0. The van der Waals surface area contributed by atoms with Gasteiger partial charge in [0.1, 0.15) is 0 Å². The van der Waals surface area contributed by atoms with Crippen LogP contribution in [0.1, 0.15) is 37.6 Å². The Hall–Kier alpha value is -2.31. The summed E-state index contributed by atoms with van der Waals surface area (Å²) < 4.78 is 0. The lowest BCUT2D eigenvalue weighted by atomic mass is 9.84. The molecule has 20 heavy (non-hydrogen) atoms. The second-order valence-electron chi connectivity index (χ2n) is 5.61. The van der Waals surface area contributed by atoms with Crippen molar-refractivity contribution in [1.29, 1.82) is 0 Å². The first kappa shape index (κ1) is 15.7. The first-order chi connectivity index (χ1) is 9.09. The number of pyridine rings is 1. The monoisotopic (exact) mass is 282 g/mol. The van der Waals surface area contributed by atoms with Gasteiger partial charge in [-0.3, -0.25) is 19.4 Å². The number of amides is 1. The molecule has 4 N–H and O–H groups in total. The second-order valence-corrected chi connectivity index (χ2v) is 5.61. The Balaban J connectivity index is 2.96. The number of hydrogen-bond acceptors (Lipinski definition) is 4. The predicted molar refractivity (Wildman–Crippen MR) is 71.7 cm³/mol. The number of carboxylic acid groups (broad SMARTS) is 1. The highest BCUT2D eigenvalue weighted by Gasteiger charge is 2.28. The van der Waals surface area contributed by atoms with Crippen molar-refractivity contribution in [2.24, 2.45) is 5.41 Å². The number of carboxylic acids is 1. The summed E-state index contributed by atoms with van der Waals surface area (Å²) in [6.07, 6.45) is -0.232. The standard InChI is InChI=1S/C13H18N2O5/c1-13(2,3)8(6-11(18)19)14-12(20)7-4-9(16)15-10(17)5-7/h4-5,8H,6H2,1-3H3,(H,14,20)(H,18,19)(H2,15,16,17). The summed E-state index contributed by atoms with van der Waals surface area (Å²) in [7, 11) is 0. The van der Waals surface area contributed by atoms with Crippen LogP contribution in [0.25, 0.3) is 0 Å². The highest BCUT2D eigenvalue weighted by Crippen LogP contribution is 2.22. The van der Waals surface area contributed by atoms with Gasteiger partial charge in [0.15, 0.2) is 5.88 Å². The van der Waals surface area contributed by atoms with E-state index in [0.717, 1.165) is 12.1 Å². The molecule has 0 spiro atoms. The summed E-state index contributed by atoms with van der Waals surface area (Å²) in [4.78, 5) is 36.1. The molecule has 1 amide bonds. The summed E-state index contributed by atoms with van der Waals surface area (Å²) in [6.45, 7) is 5.41. The molecule has 0 radical (unpaired) electrons. The van der Waals surface area contributed by atoms with E-state index >= 15 is 0 Å². The molecule has 1 atom stereocenters. The van der Waals surface area contributed by atoms with Gasteiger partial charge in [-0.25, -0.2) is 0 Å². The lowest BCUT2D eigenvalue weighted by Gasteiger charge is -2.30. The van der Waals surface area contributed by atoms with Gasteiger partial charge in [-0.1, -0.05) is 20.8 Å². The number of aliphatic carboxylic acids is 1. The molecule has 1 unspecified atom stereocenters. The molecule has 7 heteroatoms. The van der Waals surface area contributed by atoms with E-state index in [2.05, 4.69) is 10.3 Å². The summed E-state index contributed by atoms with van der Waals surface area (Å²) >= 11 is 0. The average Bonchev–Trinajstić information content (AvgIpc) is 2.24. The highest BCUT2D eigenvalue weighted by molar-refractivity contribution is 5.94. The molecule has 1 heterocycles. The fraction of sp³-hybridized carbons (Fsp3) is 0.462. The lowest BCUT2D eigenvalue weighted by molar-refractivity contribution is -0.138. The molecule has 7 nitrogen and oxygen atoms in total. The maximum absolute atomic E-state index is 12.0. The number of carbonyl (C=O) groups excluding carboxylic acids is 1. The molecule has 0 aliphatic carbocycles. The van der Waals surface area contributed by atoms with Crippen molar-refractivity contribution in [2.75, 3.05) is 0 Å². The van der Waals surface area contributed by atoms with Crippen LogP contribution in [-0.4, -0.2) is 33.1 Å². The molecule has 0 bridgehead atoms. The molecule has 0 aromatic carbocycles. The zero-order valence-electron chi connectivity index (χ0n) is 11.6. The lowest BCUT2D eigenvalue weighted by Crippen LogP contribution is -2.45. The van der Waals surface area contributed by atoms with E-state index in [4.69, 9.17) is 5.11 Å². The SMILES string of the molecule is CC(C)(C)C(CC(=O)O)NC(=O)c1cc(O)[nH]c(=O)c1. The molecular weight excluding hydrogens is 264 g/mol. The van der Waals surface area contributed by atoms with Crippen LogP contribution >= 0.6 is 0 Å². The molecule has 1 aromatic rings. The topological polar surface area (TPSA) is 119 Å². The third kappa shape index (κ3) is 4.42. The molecule has 0 aliphatic heterocycles. The Morgan fingerprint density at radius 1 is 1.35 bits per heavy atom. The summed E-state index contributed by atoms with van der Waals surface area (Å²) in [5.41, 5.74) is -1.09. The molecule has 110 valence electrons. The van der Waals surface area contributed by atoms with Crippen LogP contribution in [0.5, 0.6) is 5.88 Å². The minimum atomic E-state index is -1.03. The fourth-order valence-electron chi connectivity index (χ4n) is 1.65. The molecule has 0 fully saturated rings. The van der Waals surface area contributed by atoms with Crippen LogP contribution in [0.2, 0.25) is 0 Å². The Morgan fingerprint density at radius 3 is 2.40 bits per heavy atom. The molecule has 0 saturated carbocycles. The van der Waals surface area contributed by atoms with E-state index < -0.39 is 34.8 Å². The van der Waals surface area contributed by atoms with Gasteiger partial charge in [-0.15, -0.1) is 0 Å². The van der Waals surface area contributed by atoms with Crippen LogP contribution in [0, 0.1) is 5.41 Å². The quantitative estimate of drug-likeness (QED) is 0.648. The van der Waals surface area contributed by atoms with Crippen LogP contribution < -0.4 is 10.9 Å². The van der Waals surface area contributed by atoms with Crippen LogP contribution in [0.4, 0.5) is 0 Å². The first-order valence-electron chi connectivity index (χ1n) is 6.05. The van der Waals surface area contributed by atoms with Crippen molar-refractivity contribution in [3.8, 4) is 5.88 Å². The van der Waals surface area contributed by atoms with E-state index in [0.29, 0.717) is 0 Å². The number of nitrogens with one attached hydrogen (secondary N) is 2. The van der Waals surface area contributed by atoms with Gasteiger partial charge in [0.05, 0.1) is 12.0 Å². The Bertz CT molecular complexity index is 571. The number of aromatic hydroxyl groups is 1. The first-order valence-corrected chi connectivity index (χ1v) is 6.05. The zero-order valence-corrected chi connectivity index (χ0v) is 11.6.